The molecular weight excluding hydrogens is 311 g/mol. The van der Waals surface area contributed by atoms with Gasteiger partial charge in [-0.1, -0.05) is 0 Å². The van der Waals surface area contributed by atoms with Crippen molar-refractivity contribution in [2.24, 2.45) is 5.92 Å². The zero-order chi connectivity index (χ0) is 17.4. The van der Waals surface area contributed by atoms with E-state index in [0.717, 1.165) is 10.9 Å². The Labute approximate surface area is 133 Å². The SMILES string of the molecule is CC(O)C1CCN(C(=O)c2cnn(C(C)C)c2C(F)(F)F)CC1. The molecule has 2 heterocycles. The molecule has 130 valence electrons. The largest absolute Gasteiger partial charge is 0.433 e. The minimum absolute atomic E-state index is 0.0829. The van der Waals surface area contributed by atoms with Crippen molar-refractivity contribution in [2.75, 3.05) is 13.1 Å². The van der Waals surface area contributed by atoms with Gasteiger partial charge in [0.15, 0.2) is 5.69 Å². The molecule has 1 aliphatic heterocycles. The van der Waals surface area contributed by atoms with E-state index in [1.807, 2.05) is 0 Å². The molecule has 1 aliphatic rings. The second-order valence-electron chi connectivity index (χ2n) is 6.31. The number of aromatic nitrogens is 2. The molecule has 0 bridgehead atoms. The third-order valence-corrected chi connectivity index (χ3v) is 4.29. The van der Waals surface area contributed by atoms with Crippen molar-refractivity contribution in [3.8, 4) is 0 Å². The van der Waals surface area contributed by atoms with Crippen LogP contribution in [-0.4, -0.2) is 44.9 Å². The third-order valence-electron chi connectivity index (χ3n) is 4.29. The number of carbonyl (C=O) groups excluding carboxylic acids is 1. The van der Waals surface area contributed by atoms with Crippen molar-refractivity contribution in [3.63, 3.8) is 0 Å². The molecule has 23 heavy (non-hydrogen) atoms. The summed E-state index contributed by atoms with van der Waals surface area (Å²) in [5, 5.41) is 13.3. The first-order chi connectivity index (χ1) is 10.6. The molecule has 0 spiro atoms. The quantitative estimate of drug-likeness (QED) is 0.925. The molecule has 0 saturated carbocycles. The van der Waals surface area contributed by atoms with E-state index >= 15 is 0 Å². The van der Waals surface area contributed by atoms with E-state index in [1.54, 1.807) is 20.8 Å². The van der Waals surface area contributed by atoms with Crippen molar-refractivity contribution in [2.45, 2.75) is 51.9 Å². The van der Waals surface area contributed by atoms with Crippen molar-refractivity contribution < 1.29 is 23.1 Å². The van der Waals surface area contributed by atoms with Crippen molar-refractivity contribution in [1.82, 2.24) is 14.7 Å². The Morgan fingerprint density at radius 3 is 2.30 bits per heavy atom. The number of likely N-dealkylation sites (tertiary alicyclic amines) is 1. The summed E-state index contributed by atoms with van der Waals surface area (Å²) < 4.78 is 40.8. The molecule has 0 radical (unpaired) electrons. The lowest BCUT2D eigenvalue weighted by molar-refractivity contribution is -0.145. The number of amides is 1. The predicted molar refractivity (Wildman–Crippen MR) is 77.9 cm³/mol. The molecule has 1 unspecified atom stereocenters. The van der Waals surface area contributed by atoms with Crippen LogP contribution in [0.2, 0.25) is 0 Å². The molecule has 8 heteroatoms. The summed E-state index contributed by atoms with van der Waals surface area (Å²) in [4.78, 5) is 13.9. The number of alkyl halides is 3. The van der Waals surface area contributed by atoms with Gasteiger partial charge in [-0.2, -0.15) is 18.3 Å². The highest BCUT2D eigenvalue weighted by Crippen LogP contribution is 2.34. The second kappa shape index (κ2) is 6.51. The minimum atomic E-state index is -4.64. The smallest absolute Gasteiger partial charge is 0.393 e. The lowest BCUT2D eigenvalue weighted by atomic mass is 9.92. The topological polar surface area (TPSA) is 58.4 Å². The first-order valence-corrected chi connectivity index (χ1v) is 7.75. The highest BCUT2D eigenvalue weighted by atomic mass is 19.4. The number of carbonyl (C=O) groups is 1. The molecule has 5 nitrogen and oxygen atoms in total. The summed E-state index contributed by atoms with van der Waals surface area (Å²) in [5.74, 6) is -0.562. The number of piperidine rings is 1. The van der Waals surface area contributed by atoms with E-state index in [9.17, 15) is 23.1 Å². The molecule has 0 aliphatic carbocycles. The highest BCUT2D eigenvalue weighted by molar-refractivity contribution is 5.95. The van der Waals surface area contributed by atoms with Gasteiger partial charge in [0.05, 0.1) is 17.9 Å². The number of hydrogen-bond donors (Lipinski definition) is 1. The van der Waals surface area contributed by atoms with E-state index < -0.39 is 35.5 Å². The minimum Gasteiger partial charge on any atom is -0.393 e. The lowest BCUT2D eigenvalue weighted by Gasteiger charge is -2.33. The average Bonchev–Trinajstić information content (AvgIpc) is 2.91. The van der Waals surface area contributed by atoms with Crippen molar-refractivity contribution in [1.29, 1.82) is 0 Å². The number of rotatable bonds is 3. The van der Waals surface area contributed by atoms with Gasteiger partial charge in [0.25, 0.3) is 5.91 Å². The van der Waals surface area contributed by atoms with Gasteiger partial charge in [-0.3, -0.25) is 9.48 Å². The van der Waals surface area contributed by atoms with Crippen LogP contribution in [0.4, 0.5) is 13.2 Å². The molecule has 2 rings (SSSR count). The fourth-order valence-corrected chi connectivity index (χ4v) is 2.95. The van der Waals surface area contributed by atoms with Crippen molar-refractivity contribution >= 4 is 5.91 Å². The first kappa shape index (κ1) is 17.8. The Balaban J connectivity index is 2.24. The second-order valence-corrected chi connectivity index (χ2v) is 6.31. The van der Waals surface area contributed by atoms with Gasteiger partial charge in [0, 0.05) is 19.1 Å². The zero-order valence-corrected chi connectivity index (χ0v) is 13.5. The van der Waals surface area contributed by atoms with E-state index in [4.69, 9.17) is 0 Å². The molecule has 1 saturated heterocycles. The van der Waals surface area contributed by atoms with Crippen LogP contribution in [0.3, 0.4) is 0 Å². The van der Waals surface area contributed by atoms with Crippen LogP contribution in [0.1, 0.15) is 55.7 Å². The van der Waals surface area contributed by atoms with Gasteiger partial charge in [0.1, 0.15) is 0 Å². The van der Waals surface area contributed by atoms with Crippen LogP contribution in [0.25, 0.3) is 0 Å². The normalized spacial score (nSPS) is 18.5. The Hall–Kier alpha value is -1.57. The molecule has 1 aromatic rings. The Morgan fingerprint density at radius 1 is 1.30 bits per heavy atom. The van der Waals surface area contributed by atoms with Crippen molar-refractivity contribution in [3.05, 3.63) is 17.5 Å². The van der Waals surface area contributed by atoms with Gasteiger partial charge in [-0.25, -0.2) is 0 Å². The average molecular weight is 333 g/mol. The zero-order valence-electron chi connectivity index (χ0n) is 13.5. The summed E-state index contributed by atoms with van der Waals surface area (Å²) in [6.07, 6.45) is -2.93. The number of nitrogens with zero attached hydrogens (tertiary/aromatic N) is 3. The molecule has 1 N–H and O–H groups in total. The fraction of sp³-hybridized carbons (Fsp3) is 0.733. The maximum Gasteiger partial charge on any atom is 0.433 e. The Kier molecular flexibility index (Phi) is 5.03. The fourth-order valence-electron chi connectivity index (χ4n) is 2.95. The van der Waals surface area contributed by atoms with Crippen LogP contribution >= 0.6 is 0 Å². The summed E-state index contributed by atoms with van der Waals surface area (Å²) in [5.41, 5.74) is -1.39. The first-order valence-electron chi connectivity index (χ1n) is 7.75. The monoisotopic (exact) mass is 333 g/mol. The Bertz CT molecular complexity index is 559. The number of aliphatic hydroxyl groups is 1. The van der Waals surface area contributed by atoms with E-state index in [0.29, 0.717) is 25.9 Å². The third kappa shape index (κ3) is 3.68. The summed E-state index contributed by atoms with van der Waals surface area (Å²) in [6.45, 7) is 5.56. The summed E-state index contributed by atoms with van der Waals surface area (Å²) in [7, 11) is 0. The van der Waals surface area contributed by atoms with E-state index in [-0.39, 0.29) is 5.92 Å². The van der Waals surface area contributed by atoms with E-state index in [2.05, 4.69) is 5.10 Å². The van der Waals surface area contributed by atoms with Gasteiger partial charge in [-0.05, 0) is 39.5 Å². The van der Waals surface area contributed by atoms with Gasteiger partial charge in [-0.15, -0.1) is 0 Å². The molecule has 1 aromatic heterocycles. The van der Waals surface area contributed by atoms with Crippen LogP contribution in [0.15, 0.2) is 6.20 Å². The predicted octanol–water partition coefficient (Wildman–Crippen LogP) is 2.72. The van der Waals surface area contributed by atoms with E-state index in [1.165, 1.54) is 4.90 Å². The Morgan fingerprint density at radius 2 is 1.87 bits per heavy atom. The molecule has 1 amide bonds. The van der Waals surface area contributed by atoms with Gasteiger partial charge in [0.2, 0.25) is 0 Å². The number of hydrogen-bond acceptors (Lipinski definition) is 3. The van der Waals surface area contributed by atoms with Crippen LogP contribution in [0, 0.1) is 5.92 Å². The summed E-state index contributed by atoms with van der Waals surface area (Å²) >= 11 is 0. The maximum absolute atomic E-state index is 13.3. The molecule has 1 fully saturated rings. The summed E-state index contributed by atoms with van der Waals surface area (Å²) in [6, 6.07) is -0.492. The van der Waals surface area contributed by atoms with Crippen LogP contribution < -0.4 is 0 Å². The molecule has 0 aromatic carbocycles. The number of halogens is 3. The van der Waals surface area contributed by atoms with Gasteiger partial charge >= 0.3 is 6.18 Å². The standard InChI is InChI=1S/C15H22F3N3O2/c1-9(2)21-13(15(16,17)18)12(8-19-21)14(23)20-6-4-11(5-7-20)10(3)22/h8-11,22H,4-7H2,1-3H3. The van der Waals surface area contributed by atoms with Crippen LogP contribution in [0.5, 0.6) is 0 Å². The van der Waals surface area contributed by atoms with Gasteiger partial charge < -0.3 is 10.0 Å². The lowest BCUT2D eigenvalue weighted by Crippen LogP contribution is -2.41. The van der Waals surface area contributed by atoms with Crippen LogP contribution in [-0.2, 0) is 6.18 Å². The molecular formula is C15H22F3N3O2. The highest BCUT2D eigenvalue weighted by Gasteiger charge is 2.41. The number of aliphatic hydroxyl groups excluding tert-OH is 1. The molecule has 1 atom stereocenters. The maximum atomic E-state index is 13.3.